The zero-order chi connectivity index (χ0) is 11.5. The van der Waals surface area contributed by atoms with Crippen molar-refractivity contribution in [1.82, 2.24) is 10.5 Å². The Morgan fingerprint density at radius 3 is 2.94 bits per heavy atom. The second kappa shape index (κ2) is 4.65. The Bertz CT molecular complexity index is 375. The summed E-state index contributed by atoms with van der Waals surface area (Å²) in [5.74, 6) is -0.0567. The molecule has 0 unspecified atom stereocenters. The molecule has 1 heterocycles. The molecular formula is C11H16N2O3. The first kappa shape index (κ1) is 11.1. The minimum Gasteiger partial charge on any atom is -0.391 e. The molecule has 2 N–H and O–H groups in total. The Kier molecular flexibility index (Phi) is 3.24. The van der Waals surface area contributed by atoms with Crippen LogP contribution in [-0.2, 0) is 0 Å². The Morgan fingerprint density at radius 2 is 2.31 bits per heavy atom. The molecule has 0 radical (unpaired) electrons. The monoisotopic (exact) mass is 224 g/mol. The normalized spacial score (nSPS) is 25.4. The summed E-state index contributed by atoms with van der Waals surface area (Å²) in [6.07, 6.45) is 4.69. The van der Waals surface area contributed by atoms with Gasteiger partial charge in [-0.05, 0) is 19.8 Å². The van der Waals surface area contributed by atoms with Gasteiger partial charge >= 0.3 is 0 Å². The molecule has 1 aliphatic carbocycles. The van der Waals surface area contributed by atoms with Gasteiger partial charge in [0, 0.05) is 5.56 Å². The van der Waals surface area contributed by atoms with Crippen molar-refractivity contribution in [2.45, 2.75) is 44.8 Å². The number of rotatable bonds is 2. The Morgan fingerprint density at radius 1 is 1.56 bits per heavy atom. The van der Waals surface area contributed by atoms with Crippen molar-refractivity contribution in [1.29, 1.82) is 0 Å². The van der Waals surface area contributed by atoms with Crippen molar-refractivity contribution in [2.24, 2.45) is 0 Å². The topological polar surface area (TPSA) is 75.4 Å². The summed E-state index contributed by atoms with van der Waals surface area (Å²) in [4.78, 5) is 11.8. The summed E-state index contributed by atoms with van der Waals surface area (Å²) in [6.45, 7) is 1.77. The van der Waals surface area contributed by atoms with E-state index >= 15 is 0 Å². The zero-order valence-electron chi connectivity index (χ0n) is 9.27. The Hall–Kier alpha value is -1.36. The molecule has 1 aliphatic rings. The lowest BCUT2D eigenvalue weighted by atomic mass is 9.92. The second-order valence-corrected chi connectivity index (χ2v) is 4.27. The third-order valence-electron chi connectivity index (χ3n) is 3.00. The highest BCUT2D eigenvalue weighted by Gasteiger charge is 2.26. The van der Waals surface area contributed by atoms with Crippen molar-refractivity contribution in [3.05, 3.63) is 17.5 Å². The number of aliphatic hydroxyl groups excluding tert-OH is 1. The molecule has 0 bridgehead atoms. The molecule has 1 aromatic rings. The van der Waals surface area contributed by atoms with Gasteiger partial charge < -0.3 is 14.9 Å². The summed E-state index contributed by atoms with van der Waals surface area (Å²) in [6, 6.07) is -0.161. The molecule has 5 nitrogen and oxygen atoms in total. The van der Waals surface area contributed by atoms with Crippen molar-refractivity contribution in [2.75, 3.05) is 0 Å². The van der Waals surface area contributed by atoms with E-state index in [1.54, 1.807) is 6.92 Å². The van der Waals surface area contributed by atoms with Crippen LogP contribution in [0, 0.1) is 6.92 Å². The summed E-state index contributed by atoms with van der Waals surface area (Å²) < 4.78 is 4.86. The van der Waals surface area contributed by atoms with Crippen LogP contribution in [0.15, 0.2) is 10.7 Å². The SMILES string of the molecule is Cc1cnoc1C(=O)N[C@@H]1CCCC[C@H]1O. The van der Waals surface area contributed by atoms with Gasteiger partial charge in [-0.1, -0.05) is 18.0 Å². The maximum Gasteiger partial charge on any atom is 0.290 e. The van der Waals surface area contributed by atoms with Crippen molar-refractivity contribution < 1.29 is 14.4 Å². The number of carbonyl (C=O) groups is 1. The molecule has 2 atom stereocenters. The second-order valence-electron chi connectivity index (χ2n) is 4.27. The average Bonchev–Trinajstić information content (AvgIpc) is 2.68. The van der Waals surface area contributed by atoms with Gasteiger partial charge in [0.2, 0.25) is 5.76 Å². The van der Waals surface area contributed by atoms with Gasteiger partial charge in [0.05, 0.1) is 18.3 Å². The van der Waals surface area contributed by atoms with Gasteiger partial charge in [0.25, 0.3) is 5.91 Å². The number of aliphatic hydroxyl groups is 1. The summed E-state index contributed by atoms with van der Waals surface area (Å²) in [5, 5.41) is 16.1. The van der Waals surface area contributed by atoms with E-state index < -0.39 is 6.10 Å². The zero-order valence-corrected chi connectivity index (χ0v) is 9.27. The summed E-state index contributed by atoms with van der Waals surface area (Å²) in [7, 11) is 0. The third kappa shape index (κ3) is 2.24. The molecule has 88 valence electrons. The number of hydrogen-bond donors (Lipinski definition) is 2. The first-order chi connectivity index (χ1) is 7.68. The highest BCUT2D eigenvalue weighted by Crippen LogP contribution is 2.19. The van der Waals surface area contributed by atoms with Gasteiger partial charge in [0.15, 0.2) is 0 Å². The molecule has 16 heavy (non-hydrogen) atoms. The fourth-order valence-electron chi connectivity index (χ4n) is 2.02. The minimum atomic E-state index is -0.444. The molecule has 0 spiro atoms. The van der Waals surface area contributed by atoms with E-state index in [-0.39, 0.29) is 17.7 Å². The first-order valence-electron chi connectivity index (χ1n) is 5.58. The standard InChI is InChI=1S/C11H16N2O3/c1-7-6-12-16-10(7)11(15)13-8-4-2-3-5-9(8)14/h6,8-9,14H,2-5H2,1H3,(H,13,15)/t8-,9-/m1/s1. The van der Waals surface area contributed by atoms with Gasteiger partial charge in [-0.15, -0.1) is 0 Å². The maximum absolute atomic E-state index is 11.8. The van der Waals surface area contributed by atoms with Crippen LogP contribution < -0.4 is 5.32 Å². The first-order valence-corrected chi connectivity index (χ1v) is 5.58. The molecule has 0 aromatic carbocycles. The Balaban J connectivity index is 1.99. The van der Waals surface area contributed by atoms with E-state index in [1.165, 1.54) is 6.20 Å². The molecular weight excluding hydrogens is 208 g/mol. The van der Waals surface area contributed by atoms with Gasteiger partial charge in [-0.3, -0.25) is 4.79 Å². The van der Waals surface area contributed by atoms with E-state index in [4.69, 9.17) is 4.52 Å². The molecule has 1 saturated carbocycles. The number of aromatic nitrogens is 1. The van der Waals surface area contributed by atoms with E-state index in [1.807, 2.05) is 0 Å². The van der Waals surface area contributed by atoms with Crippen LogP contribution >= 0.6 is 0 Å². The van der Waals surface area contributed by atoms with Crippen LogP contribution in [0.4, 0.5) is 0 Å². The maximum atomic E-state index is 11.8. The molecule has 1 fully saturated rings. The smallest absolute Gasteiger partial charge is 0.290 e. The van der Waals surface area contributed by atoms with E-state index in [9.17, 15) is 9.90 Å². The quantitative estimate of drug-likeness (QED) is 0.786. The number of nitrogens with one attached hydrogen (secondary N) is 1. The van der Waals surface area contributed by atoms with E-state index in [0.29, 0.717) is 5.56 Å². The molecule has 0 saturated heterocycles. The van der Waals surface area contributed by atoms with Crippen LogP contribution in [0.1, 0.15) is 41.8 Å². The third-order valence-corrected chi connectivity index (χ3v) is 3.00. The van der Waals surface area contributed by atoms with Crippen LogP contribution in [0.3, 0.4) is 0 Å². The molecule has 1 amide bonds. The van der Waals surface area contributed by atoms with Crippen molar-refractivity contribution >= 4 is 5.91 Å². The average molecular weight is 224 g/mol. The van der Waals surface area contributed by atoms with Crippen LogP contribution in [-0.4, -0.2) is 28.3 Å². The van der Waals surface area contributed by atoms with Crippen LogP contribution in [0.25, 0.3) is 0 Å². The largest absolute Gasteiger partial charge is 0.391 e. The fraction of sp³-hybridized carbons (Fsp3) is 0.636. The fourth-order valence-corrected chi connectivity index (χ4v) is 2.02. The van der Waals surface area contributed by atoms with Crippen LogP contribution in [0.5, 0.6) is 0 Å². The minimum absolute atomic E-state index is 0.161. The lowest BCUT2D eigenvalue weighted by Crippen LogP contribution is -2.45. The van der Waals surface area contributed by atoms with Crippen molar-refractivity contribution in [3.8, 4) is 0 Å². The number of carbonyl (C=O) groups excluding carboxylic acids is 1. The highest BCUT2D eigenvalue weighted by atomic mass is 16.5. The molecule has 2 rings (SSSR count). The number of hydrogen-bond acceptors (Lipinski definition) is 4. The van der Waals surface area contributed by atoms with Gasteiger partial charge in [-0.25, -0.2) is 0 Å². The number of amides is 1. The lowest BCUT2D eigenvalue weighted by molar-refractivity contribution is 0.0691. The highest BCUT2D eigenvalue weighted by molar-refractivity contribution is 5.92. The predicted octanol–water partition coefficient (Wildman–Crippen LogP) is 1.02. The predicted molar refractivity (Wildman–Crippen MR) is 57.0 cm³/mol. The van der Waals surface area contributed by atoms with E-state index in [0.717, 1.165) is 25.7 Å². The van der Waals surface area contributed by atoms with Crippen LogP contribution in [0.2, 0.25) is 0 Å². The van der Waals surface area contributed by atoms with Gasteiger partial charge in [0.1, 0.15) is 0 Å². The molecule has 1 aromatic heterocycles. The van der Waals surface area contributed by atoms with Gasteiger partial charge in [-0.2, -0.15) is 0 Å². The van der Waals surface area contributed by atoms with E-state index in [2.05, 4.69) is 10.5 Å². The Labute approximate surface area is 93.8 Å². The molecule has 0 aliphatic heterocycles. The number of aryl methyl sites for hydroxylation is 1. The summed E-state index contributed by atoms with van der Waals surface area (Å²) in [5.41, 5.74) is 0.711. The van der Waals surface area contributed by atoms with Crippen molar-refractivity contribution in [3.63, 3.8) is 0 Å². The molecule has 5 heteroatoms. The number of nitrogens with zero attached hydrogens (tertiary/aromatic N) is 1. The lowest BCUT2D eigenvalue weighted by Gasteiger charge is -2.27. The summed E-state index contributed by atoms with van der Waals surface area (Å²) >= 11 is 0.